The molecule has 0 saturated carbocycles. The Hall–Kier alpha value is -1.52. The van der Waals surface area contributed by atoms with Crippen LogP contribution < -0.4 is 5.32 Å². The van der Waals surface area contributed by atoms with Crippen LogP contribution in [0.2, 0.25) is 5.02 Å². The number of thioether (sulfide) groups is 1. The van der Waals surface area contributed by atoms with Crippen molar-refractivity contribution in [2.75, 3.05) is 5.32 Å². The highest BCUT2D eigenvalue weighted by atomic mass is 35.5. The molecule has 2 aromatic carbocycles. The number of carbonyl (C=O) groups excluding carboxylic acids is 1. The predicted molar refractivity (Wildman–Crippen MR) is 101 cm³/mol. The summed E-state index contributed by atoms with van der Waals surface area (Å²) in [5.41, 5.74) is 5.25. The van der Waals surface area contributed by atoms with E-state index in [2.05, 4.69) is 39.1 Å². The molecule has 0 fully saturated rings. The number of halogens is 2. The van der Waals surface area contributed by atoms with Gasteiger partial charge in [0, 0.05) is 4.90 Å². The number of hydrogen-bond donors (Lipinski definition) is 1. The molecule has 0 aliphatic rings. The Morgan fingerprint density at radius 3 is 2.25 bits per heavy atom. The van der Waals surface area contributed by atoms with Crippen molar-refractivity contribution in [3.05, 3.63) is 57.4 Å². The van der Waals surface area contributed by atoms with Gasteiger partial charge in [-0.1, -0.05) is 17.7 Å². The lowest BCUT2D eigenvalue weighted by molar-refractivity contribution is -0.115. The Kier molecular flexibility index (Phi) is 5.94. The fraction of sp³-hybridized carbons (Fsp3) is 0.316. The summed E-state index contributed by atoms with van der Waals surface area (Å²) in [5.74, 6) is -0.589. The maximum atomic E-state index is 13.1. The zero-order valence-electron chi connectivity index (χ0n) is 14.5. The van der Waals surface area contributed by atoms with Crippen molar-refractivity contribution >= 4 is 35.0 Å². The van der Waals surface area contributed by atoms with Crippen molar-refractivity contribution in [3.8, 4) is 0 Å². The molecule has 2 aromatic rings. The van der Waals surface area contributed by atoms with Crippen molar-refractivity contribution in [3.63, 3.8) is 0 Å². The van der Waals surface area contributed by atoms with Crippen LogP contribution in [0.1, 0.15) is 29.2 Å². The van der Waals surface area contributed by atoms with Gasteiger partial charge in [-0.2, -0.15) is 0 Å². The number of anilines is 1. The largest absolute Gasteiger partial charge is 0.324 e. The molecule has 1 amide bonds. The minimum absolute atomic E-state index is 0.161. The molecule has 5 heteroatoms. The van der Waals surface area contributed by atoms with Crippen molar-refractivity contribution < 1.29 is 9.18 Å². The molecule has 0 heterocycles. The highest BCUT2D eigenvalue weighted by Gasteiger charge is 2.19. The second-order valence-electron chi connectivity index (χ2n) is 5.96. The van der Waals surface area contributed by atoms with E-state index in [1.54, 1.807) is 0 Å². The van der Waals surface area contributed by atoms with Crippen molar-refractivity contribution in [2.45, 2.75) is 44.8 Å². The lowest BCUT2D eigenvalue weighted by atomic mass is 10.0. The highest BCUT2D eigenvalue weighted by molar-refractivity contribution is 8.00. The van der Waals surface area contributed by atoms with Crippen LogP contribution in [0.25, 0.3) is 0 Å². The SMILES string of the molecule is Cc1cc(C)c(C)c(S[C@@H](C)C(=O)Nc2ccc(F)cc2Cl)c1C. The summed E-state index contributed by atoms with van der Waals surface area (Å²) < 4.78 is 13.1. The number of carbonyl (C=O) groups is 1. The van der Waals surface area contributed by atoms with Crippen LogP contribution >= 0.6 is 23.4 Å². The summed E-state index contributed by atoms with van der Waals surface area (Å²) >= 11 is 7.50. The third-order valence-electron chi connectivity index (χ3n) is 4.15. The molecule has 2 rings (SSSR count). The molecule has 0 radical (unpaired) electrons. The second-order valence-corrected chi connectivity index (χ2v) is 7.72. The highest BCUT2D eigenvalue weighted by Crippen LogP contribution is 2.34. The predicted octanol–water partition coefficient (Wildman–Crippen LogP) is 5.83. The molecule has 0 bridgehead atoms. The maximum absolute atomic E-state index is 13.1. The van der Waals surface area contributed by atoms with Crippen LogP contribution in [0.5, 0.6) is 0 Å². The molecule has 128 valence electrons. The van der Waals surface area contributed by atoms with Gasteiger partial charge in [0.15, 0.2) is 0 Å². The van der Waals surface area contributed by atoms with Gasteiger partial charge in [0.05, 0.1) is 16.0 Å². The lowest BCUT2D eigenvalue weighted by Crippen LogP contribution is -2.23. The maximum Gasteiger partial charge on any atom is 0.237 e. The topological polar surface area (TPSA) is 29.1 Å². The average Bonchev–Trinajstić information content (AvgIpc) is 2.52. The molecule has 1 atom stereocenters. The first-order chi connectivity index (χ1) is 11.2. The van der Waals surface area contributed by atoms with E-state index in [1.807, 2.05) is 6.92 Å². The van der Waals surface area contributed by atoms with E-state index in [0.29, 0.717) is 5.69 Å². The van der Waals surface area contributed by atoms with Crippen LogP contribution in [0.3, 0.4) is 0 Å². The minimum Gasteiger partial charge on any atom is -0.324 e. The molecule has 0 saturated heterocycles. The monoisotopic (exact) mass is 365 g/mol. The Balaban J connectivity index is 2.18. The third-order valence-corrected chi connectivity index (χ3v) is 5.88. The first-order valence-corrected chi connectivity index (χ1v) is 8.96. The van der Waals surface area contributed by atoms with Crippen molar-refractivity contribution in [1.29, 1.82) is 0 Å². The molecule has 0 spiro atoms. The van der Waals surface area contributed by atoms with Gasteiger partial charge in [0.2, 0.25) is 5.91 Å². The molecule has 1 N–H and O–H groups in total. The number of aryl methyl sites for hydroxylation is 2. The van der Waals surface area contributed by atoms with E-state index in [4.69, 9.17) is 11.6 Å². The van der Waals surface area contributed by atoms with E-state index in [-0.39, 0.29) is 16.2 Å². The zero-order chi connectivity index (χ0) is 18.0. The van der Waals surface area contributed by atoms with Crippen molar-refractivity contribution in [1.82, 2.24) is 0 Å². The van der Waals surface area contributed by atoms with Gasteiger partial charge in [-0.05, 0) is 75.1 Å². The van der Waals surface area contributed by atoms with Gasteiger partial charge in [-0.3, -0.25) is 4.79 Å². The van der Waals surface area contributed by atoms with Crippen molar-refractivity contribution in [2.24, 2.45) is 0 Å². The van der Waals surface area contributed by atoms with Gasteiger partial charge < -0.3 is 5.32 Å². The number of amides is 1. The van der Waals surface area contributed by atoms with Gasteiger partial charge in [-0.15, -0.1) is 11.8 Å². The molecule has 24 heavy (non-hydrogen) atoms. The van der Waals surface area contributed by atoms with Gasteiger partial charge in [0.25, 0.3) is 0 Å². The first-order valence-electron chi connectivity index (χ1n) is 7.70. The standard InChI is InChI=1S/C19H21ClFNOS/c1-10-8-11(2)13(4)18(12(10)3)24-14(5)19(23)22-17-7-6-15(21)9-16(17)20/h6-9,14H,1-5H3,(H,22,23)/t14-/m0/s1. The Morgan fingerprint density at radius 2 is 1.71 bits per heavy atom. The summed E-state index contributed by atoms with van der Waals surface area (Å²) in [7, 11) is 0. The van der Waals surface area contributed by atoms with E-state index >= 15 is 0 Å². The normalized spacial score (nSPS) is 12.1. The number of nitrogens with one attached hydrogen (secondary N) is 1. The summed E-state index contributed by atoms with van der Waals surface area (Å²) in [5, 5.41) is 2.66. The molecular formula is C19H21ClFNOS. The van der Waals surface area contributed by atoms with Gasteiger partial charge in [-0.25, -0.2) is 4.39 Å². The number of benzene rings is 2. The molecule has 0 aromatic heterocycles. The smallest absolute Gasteiger partial charge is 0.237 e. The van der Waals surface area contributed by atoms with Gasteiger partial charge >= 0.3 is 0 Å². The van der Waals surface area contributed by atoms with E-state index in [9.17, 15) is 9.18 Å². The fourth-order valence-electron chi connectivity index (χ4n) is 2.41. The summed E-state index contributed by atoms with van der Waals surface area (Å²) in [6.45, 7) is 10.2. The second kappa shape index (κ2) is 7.58. The quantitative estimate of drug-likeness (QED) is 0.690. The summed E-state index contributed by atoms with van der Waals surface area (Å²) in [4.78, 5) is 13.6. The molecule has 2 nitrogen and oxygen atoms in total. The van der Waals surface area contributed by atoms with Crippen LogP contribution in [-0.4, -0.2) is 11.2 Å². The van der Waals surface area contributed by atoms with E-state index < -0.39 is 5.82 Å². The van der Waals surface area contributed by atoms with Crippen LogP contribution in [0, 0.1) is 33.5 Å². The fourth-order valence-corrected chi connectivity index (χ4v) is 3.82. The van der Waals surface area contributed by atoms with E-state index in [0.717, 1.165) is 4.90 Å². The lowest BCUT2D eigenvalue weighted by Gasteiger charge is -2.18. The Morgan fingerprint density at radius 1 is 1.12 bits per heavy atom. The number of hydrogen-bond acceptors (Lipinski definition) is 2. The van der Waals surface area contributed by atoms with E-state index in [1.165, 1.54) is 52.2 Å². The summed E-state index contributed by atoms with van der Waals surface area (Å²) in [6.07, 6.45) is 0. The van der Waals surface area contributed by atoms with Crippen LogP contribution in [0.4, 0.5) is 10.1 Å². The average molecular weight is 366 g/mol. The summed E-state index contributed by atoms with van der Waals surface area (Å²) in [6, 6.07) is 6.10. The van der Waals surface area contributed by atoms with Crippen LogP contribution in [0.15, 0.2) is 29.2 Å². The first kappa shape index (κ1) is 18.8. The Labute approximate surface area is 151 Å². The van der Waals surface area contributed by atoms with Crippen LogP contribution in [-0.2, 0) is 4.79 Å². The molecule has 0 unspecified atom stereocenters. The van der Waals surface area contributed by atoms with Gasteiger partial charge in [0.1, 0.15) is 5.82 Å². The third kappa shape index (κ3) is 4.11. The minimum atomic E-state index is -0.429. The number of rotatable bonds is 4. The molecular weight excluding hydrogens is 345 g/mol. The zero-order valence-corrected chi connectivity index (χ0v) is 16.0. The molecule has 0 aliphatic heterocycles. The Bertz CT molecular complexity index is 765. The molecule has 0 aliphatic carbocycles.